The maximum Gasteiger partial charge on any atom is 0.0268 e. The van der Waals surface area contributed by atoms with Crippen LogP contribution in [-0.2, 0) is 6.54 Å². The number of hydrogen-bond acceptors (Lipinski definition) is 1. The first-order valence-electron chi connectivity index (χ1n) is 5.38. The zero-order valence-corrected chi connectivity index (χ0v) is 10.4. The number of rotatable bonds is 5. The lowest BCUT2D eigenvalue weighted by Crippen LogP contribution is -2.14. The fourth-order valence-electron chi connectivity index (χ4n) is 1.72. The van der Waals surface area contributed by atoms with Gasteiger partial charge in [-0.15, -0.1) is 0 Å². The van der Waals surface area contributed by atoms with E-state index in [1.165, 1.54) is 24.0 Å². The Balaban J connectivity index is 1.90. The van der Waals surface area contributed by atoms with Crippen LogP contribution in [0.25, 0.3) is 0 Å². The van der Waals surface area contributed by atoms with E-state index < -0.39 is 0 Å². The Morgan fingerprint density at radius 1 is 1.47 bits per heavy atom. The highest BCUT2D eigenvalue weighted by molar-refractivity contribution is 9.11. The molecule has 2 rings (SSSR count). The fraction of sp³-hybridized carbons (Fsp3) is 0.385. The van der Waals surface area contributed by atoms with Crippen molar-refractivity contribution < 1.29 is 0 Å². The molecule has 0 unspecified atom stereocenters. The molecule has 1 aromatic carbocycles. The highest BCUT2D eigenvalue weighted by Gasteiger charge is 2.23. The highest BCUT2D eigenvalue weighted by atomic mass is 79.9. The molecule has 0 radical (unpaired) electrons. The van der Waals surface area contributed by atoms with Crippen LogP contribution in [0.2, 0.25) is 0 Å². The van der Waals surface area contributed by atoms with Gasteiger partial charge in [-0.3, -0.25) is 0 Å². The topological polar surface area (TPSA) is 12.0 Å². The van der Waals surface area contributed by atoms with E-state index in [1.54, 1.807) is 0 Å². The maximum absolute atomic E-state index is 3.80. The van der Waals surface area contributed by atoms with Crippen molar-refractivity contribution in [3.8, 4) is 0 Å². The van der Waals surface area contributed by atoms with Gasteiger partial charge in [0.25, 0.3) is 0 Å². The van der Waals surface area contributed by atoms with Crippen molar-refractivity contribution in [1.29, 1.82) is 0 Å². The normalized spacial score (nSPS) is 15.3. The smallest absolute Gasteiger partial charge is 0.0268 e. The second-order valence-corrected chi connectivity index (χ2v) is 5.26. The zero-order valence-electron chi connectivity index (χ0n) is 8.80. The summed E-state index contributed by atoms with van der Waals surface area (Å²) in [7, 11) is 0. The van der Waals surface area contributed by atoms with Gasteiger partial charge in [0.15, 0.2) is 0 Å². The van der Waals surface area contributed by atoms with Crippen LogP contribution in [0.4, 0.5) is 0 Å². The van der Waals surface area contributed by atoms with Crippen LogP contribution >= 0.6 is 15.9 Å². The van der Waals surface area contributed by atoms with Gasteiger partial charge >= 0.3 is 0 Å². The Hall–Kier alpha value is -0.600. The van der Waals surface area contributed by atoms with E-state index in [4.69, 9.17) is 0 Å². The Morgan fingerprint density at radius 2 is 2.27 bits per heavy atom. The van der Waals surface area contributed by atoms with Crippen LogP contribution in [-0.4, -0.2) is 6.54 Å². The molecular weight excluding hydrogens is 250 g/mol. The molecule has 1 aliphatic rings. The minimum absolute atomic E-state index is 0.827. The quantitative estimate of drug-likeness (QED) is 0.859. The first-order valence-corrected chi connectivity index (χ1v) is 6.18. The van der Waals surface area contributed by atoms with Gasteiger partial charge in [0, 0.05) is 17.6 Å². The van der Waals surface area contributed by atoms with Crippen LogP contribution < -0.4 is 5.32 Å². The number of halogens is 1. The molecular formula is C13H16BrN. The molecule has 0 bridgehead atoms. The van der Waals surface area contributed by atoms with Crippen LogP contribution in [0.15, 0.2) is 35.3 Å². The molecule has 15 heavy (non-hydrogen) atoms. The summed E-state index contributed by atoms with van der Waals surface area (Å²) in [5.41, 5.74) is 2.88. The van der Waals surface area contributed by atoms with Gasteiger partial charge in [-0.05, 0) is 29.9 Å². The number of benzene rings is 1. The van der Waals surface area contributed by atoms with Crippen molar-refractivity contribution >= 4 is 15.9 Å². The van der Waals surface area contributed by atoms with Gasteiger partial charge in [0.1, 0.15) is 0 Å². The van der Waals surface area contributed by atoms with E-state index in [1.807, 2.05) is 0 Å². The minimum Gasteiger partial charge on any atom is -0.308 e. The van der Waals surface area contributed by atoms with E-state index in [0.29, 0.717) is 0 Å². The first-order chi connectivity index (χ1) is 7.25. The van der Waals surface area contributed by atoms with Gasteiger partial charge in [0.2, 0.25) is 0 Å². The first kappa shape index (κ1) is 10.9. The molecule has 1 nitrogen and oxygen atoms in total. The maximum atomic E-state index is 3.80. The van der Waals surface area contributed by atoms with Crippen LogP contribution in [0.5, 0.6) is 0 Å². The summed E-state index contributed by atoms with van der Waals surface area (Å²) >= 11 is 3.34. The predicted molar refractivity (Wildman–Crippen MR) is 68.2 cm³/mol. The third kappa shape index (κ3) is 3.47. The third-order valence-electron chi connectivity index (χ3n) is 2.65. The Morgan fingerprint density at radius 3 is 2.93 bits per heavy atom. The predicted octanol–water partition coefficient (Wildman–Crippen LogP) is 3.56. The van der Waals surface area contributed by atoms with Gasteiger partial charge in [-0.1, -0.05) is 46.8 Å². The molecule has 1 aliphatic carbocycles. The molecule has 0 aliphatic heterocycles. The average molecular weight is 266 g/mol. The molecule has 0 atom stereocenters. The van der Waals surface area contributed by atoms with Crippen LogP contribution in [0.3, 0.4) is 0 Å². The molecule has 0 heterocycles. The molecule has 0 spiro atoms. The summed E-state index contributed by atoms with van der Waals surface area (Å²) in [5.74, 6) is 0.844. The molecule has 0 amide bonds. The monoisotopic (exact) mass is 265 g/mol. The summed E-state index contributed by atoms with van der Waals surface area (Å²) in [4.78, 5) is 0. The van der Waals surface area contributed by atoms with Crippen molar-refractivity contribution in [2.24, 2.45) is 0 Å². The second kappa shape index (κ2) is 4.95. The summed E-state index contributed by atoms with van der Waals surface area (Å²) in [5, 5.41) is 3.34. The SMILES string of the molecule is C=C(Br)CNCc1cccc(C2CC2)c1. The lowest BCUT2D eigenvalue weighted by molar-refractivity contribution is 0.756. The van der Waals surface area contributed by atoms with Gasteiger partial charge in [-0.2, -0.15) is 0 Å². The second-order valence-electron chi connectivity index (χ2n) is 4.14. The van der Waals surface area contributed by atoms with Crippen LogP contribution in [0, 0.1) is 0 Å². The largest absolute Gasteiger partial charge is 0.308 e. The Kier molecular flexibility index (Phi) is 3.60. The van der Waals surface area contributed by atoms with Gasteiger partial charge < -0.3 is 5.32 Å². The summed E-state index contributed by atoms with van der Waals surface area (Å²) in [6.07, 6.45) is 2.74. The zero-order chi connectivity index (χ0) is 10.7. The van der Waals surface area contributed by atoms with Crippen molar-refractivity contribution in [3.05, 3.63) is 46.5 Å². The van der Waals surface area contributed by atoms with Gasteiger partial charge in [0.05, 0.1) is 0 Å². The molecule has 1 fully saturated rings. The number of hydrogen-bond donors (Lipinski definition) is 1. The van der Waals surface area contributed by atoms with E-state index in [0.717, 1.165) is 23.5 Å². The van der Waals surface area contributed by atoms with Crippen molar-refractivity contribution in [1.82, 2.24) is 5.32 Å². The number of nitrogens with one attached hydrogen (secondary N) is 1. The van der Waals surface area contributed by atoms with Crippen LogP contribution in [0.1, 0.15) is 29.9 Å². The minimum atomic E-state index is 0.827. The molecule has 1 saturated carbocycles. The van der Waals surface area contributed by atoms with Crippen molar-refractivity contribution in [2.45, 2.75) is 25.3 Å². The van der Waals surface area contributed by atoms with Crippen molar-refractivity contribution in [3.63, 3.8) is 0 Å². The molecule has 1 aromatic rings. The average Bonchev–Trinajstić information content (AvgIpc) is 3.01. The summed E-state index contributed by atoms with van der Waals surface area (Å²) in [6, 6.07) is 8.90. The Labute approximate surface area is 99.7 Å². The van der Waals surface area contributed by atoms with Crippen molar-refractivity contribution in [2.75, 3.05) is 6.54 Å². The highest BCUT2D eigenvalue weighted by Crippen LogP contribution is 2.40. The third-order valence-corrected chi connectivity index (χ3v) is 2.93. The molecule has 0 aromatic heterocycles. The lowest BCUT2D eigenvalue weighted by atomic mass is 10.1. The van der Waals surface area contributed by atoms with E-state index >= 15 is 0 Å². The fourth-order valence-corrected chi connectivity index (χ4v) is 1.91. The lowest BCUT2D eigenvalue weighted by Gasteiger charge is -2.05. The standard InChI is InChI=1S/C13H16BrN/c1-10(14)8-15-9-11-3-2-4-13(7-11)12-5-6-12/h2-4,7,12,15H,1,5-6,8-9H2. The molecule has 80 valence electrons. The molecule has 0 saturated heterocycles. The molecule has 1 N–H and O–H groups in total. The Bertz CT molecular complexity index is 355. The molecule has 2 heteroatoms. The van der Waals surface area contributed by atoms with E-state index in [2.05, 4.69) is 52.1 Å². The van der Waals surface area contributed by atoms with Gasteiger partial charge in [-0.25, -0.2) is 0 Å². The van der Waals surface area contributed by atoms with E-state index in [9.17, 15) is 0 Å². The van der Waals surface area contributed by atoms with E-state index in [-0.39, 0.29) is 0 Å². The summed E-state index contributed by atoms with van der Waals surface area (Å²) < 4.78 is 1.00. The summed E-state index contributed by atoms with van der Waals surface area (Å²) in [6.45, 7) is 5.55.